The van der Waals surface area contributed by atoms with Crippen LogP contribution in [-0.2, 0) is 6.54 Å². The van der Waals surface area contributed by atoms with Gasteiger partial charge in [-0.3, -0.25) is 9.98 Å². The van der Waals surface area contributed by atoms with Crippen LogP contribution in [0.1, 0.15) is 31.4 Å². The number of aliphatic imine (C=N–C) groups is 2. The summed E-state index contributed by atoms with van der Waals surface area (Å²) >= 11 is 0. The van der Waals surface area contributed by atoms with Crippen LogP contribution < -0.4 is 5.32 Å². The van der Waals surface area contributed by atoms with Crippen molar-refractivity contribution in [2.75, 3.05) is 26.7 Å². The van der Waals surface area contributed by atoms with Crippen molar-refractivity contribution in [3.63, 3.8) is 0 Å². The van der Waals surface area contributed by atoms with E-state index in [1.54, 1.807) is 0 Å². The Kier molecular flexibility index (Phi) is 8.05. The van der Waals surface area contributed by atoms with Crippen LogP contribution in [0.15, 0.2) is 58.4 Å². The predicted molar refractivity (Wildman–Crippen MR) is 106 cm³/mol. The molecule has 1 aromatic heterocycles. The van der Waals surface area contributed by atoms with Gasteiger partial charge in [0.1, 0.15) is 5.82 Å². The molecule has 134 valence electrons. The SMILES string of the molecule is C=CCN(CCCNC)/C(N=C)=C1\CCCC1=NCc1ccccn1. The lowest BCUT2D eigenvalue weighted by Crippen LogP contribution is -2.27. The lowest BCUT2D eigenvalue weighted by Gasteiger charge is -2.25. The summed E-state index contributed by atoms with van der Waals surface area (Å²) in [5.74, 6) is 0.966. The summed E-state index contributed by atoms with van der Waals surface area (Å²) in [5.41, 5.74) is 3.37. The fraction of sp³-hybridized carbons (Fsp3) is 0.450. The zero-order valence-electron chi connectivity index (χ0n) is 15.2. The Hall–Kier alpha value is -2.27. The molecule has 0 bridgehead atoms. The van der Waals surface area contributed by atoms with Crippen molar-refractivity contribution in [2.24, 2.45) is 9.98 Å². The Morgan fingerprint density at radius 1 is 1.40 bits per heavy atom. The van der Waals surface area contributed by atoms with Crippen molar-refractivity contribution < 1.29 is 0 Å². The van der Waals surface area contributed by atoms with E-state index in [2.05, 4.69) is 33.5 Å². The van der Waals surface area contributed by atoms with Crippen LogP contribution in [0.5, 0.6) is 0 Å². The zero-order valence-corrected chi connectivity index (χ0v) is 15.2. The molecule has 1 aliphatic rings. The third kappa shape index (κ3) is 5.64. The largest absolute Gasteiger partial charge is 0.353 e. The van der Waals surface area contributed by atoms with Gasteiger partial charge in [-0.25, -0.2) is 4.99 Å². The Labute approximate surface area is 151 Å². The van der Waals surface area contributed by atoms with Gasteiger partial charge in [0.25, 0.3) is 0 Å². The average molecular weight is 339 g/mol. The molecule has 1 fully saturated rings. The van der Waals surface area contributed by atoms with Crippen LogP contribution in [0.4, 0.5) is 0 Å². The van der Waals surface area contributed by atoms with Gasteiger partial charge in [0.15, 0.2) is 0 Å². The van der Waals surface area contributed by atoms with E-state index in [4.69, 9.17) is 4.99 Å². The van der Waals surface area contributed by atoms with E-state index in [1.165, 1.54) is 5.57 Å². The number of hydrogen-bond acceptors (Lipinski definition) is 5. The number of hydrogen-bond donors (Lipinski definition) is 1. The second-order valence-corrected chi connectivity index (χ2v) is 6.09. The van der Waals surface area contributed by atoms with Crippen molar-refractivity contribution in [3.05, 3.63) is 54.1 Å². The highest BCUT2D eigenvalue weighted by Gasteiger charge is 2.22. The minimum Gasteiger partial charge on any atom is -0.353 e. The number of allylic oxidation sites excluding steroid dienone is 1. The van der Waals surface area contributed by atoms with Crippen molar-refractivity contribution in [3.8, 4) is 0 Å². The second-order valence-electron chi connectivity index (χ2n) is 6.09. The van der Waals surface area contributed by atoms with Gasteiger partial charge in [0.2, 0.25) is 0 Å². The van der Waals surface area contributed by atoms with Crippen LogP contribution in [0.25, 0.3) is 0 Å². The van der Waals surface area contributed by atoms with Crippen LogP contribution in [-0.4, -0.2) is 49.0 Å². The Morgan fingerprint density at radius 3 is 2.96 bits per heavy atom. The number of nitrogens with zero attached hydrogens (tertiary/aromatic N) is 4. The van der Waals surface area contributed by atoms with Gasteiger partial charge in [-0.15, -0.1) is 6.58 Å². The Morgan fingerprint density at radius 2 is 2.28 bits per heavy atom. The van der Waals surface area contributed by atoms with Gasteiger partial charge in [0.05, 0.1) is 12.2 Å². The molecule has 1 N–H and O–H groups in total. The lowest BCUT2D eigenvalue weighted by atomic mass is 10.1. The molecule has 0 aliphatic heterocycles. The first-order chi connectivity index (χ1) is 12.3. The lowest BCUT2D eigenvalue weighted by molar-refractivity contribution is 0.365. The second kappa shape index (κ2) is 10.6. The molecular weight excluding hydrogens is 310 g/mol. The molecule has 0 saturated heterocycles. The van der Waals surface area contributed by atoms with Crippen molar-refractivity contribution in [2.45, 2.75) is 32.2 Å². The van der Waals surface area contributed by atoms with Gasteiger partial charge in [-0.2, -0.15) is 0 Å². The molecular formula is C20H29N5. The molecule has 0 amide bonds. The molecule has 0 spiro atoms. The van der Waals surface area contributed by atoms with Crippen LogP contribution >= 0.6 is 0 Å². The summed E-state index contributed by atoms with van der Waals surface area (Å²) < 4.78 is 0. The summed E-state index contributed by atoms with van der Waals surface area (Å²) in [6.45, 7) is 11.0. The molecule has 5 heteroatoms. The standard InChI is InChI=1S/C20H29N5/c1-4-14-25(15-8-12-21-2)20(22-3)18-10-7-11-19(18)24-16-17-9-5-6-13-23-17/h4-6,9,13,21H,1,3,7-8,10-12,14-16H2,2H3/b20-18+,24-19?. The Bertz CT molecular complexity index is 618. The number of aromatic nitrogens is 1. The molecule has 0 atom stereocenters. The molecule has 1 heterocycles. The van der Waals surface area contributed by atoms with E-state index < -0.39 is 0 Å². The van der Waals surface area contributed by atoms with Gasteiger partial charge in [-0.05, 0) is 58.1 Å². The summed E-state index contributed by atoms with van der Waals surface area (Å²) in [7, 11) is 1.97. The quantitative estimate of drug-likeness (QED) is 0.404. The van der Waals surface area contributed by atoms with Crippen molar-refractivity contribution in [1.29, 1.82) is 0 Å². The first-order valence-corrected chi connectivity index (χ1v) is 8.94. The molecule has 5 nitrogen and oxygen atoms in total. The van der Waals surface area contributed by atoms with E-state index in [1.807, 2.05) is 37.5 Å². The topological polar surface area (TPSA) is 52.9 Å². The number of nitrogens with one attached hydrogen (secondary N) is 1. The summed E-state index contributed by atoms with van der Waals surface area (Å²) in [4.78, 5) is 15.8. The van der Waals surface area contributed by atoms with Crippen LogP contribution in [0.2, 0.25) is 0 Å². The highest BCUT2D eigenvalue weighted by molar-refractivity contribution is 6.02. The van der Waals surface area contributed by atoms with Gasteiger partial charge in [-0.1, -0.05) is 12.1 Å². The maximum Gasteiger partial charge on any atom is 0.133 e. The van der Waals surface area contributed by atoms with E-state index in [-0.39, 0.29) is 0 Å². The summed E-state index contributed by atoms with van der Waals surface area (Å²) in [6.07, 6.45) is 7.91. The molecule has 2 rings (SSSR count). The summed E-state index contributed by atoms with van der Waals surface area (Å²) in [6, 6.07) is 5.94. The smallest absolute Gasteiger partial charge is 0.133 e. The molecule has 0 unspecified atom stereocenters. The van der Waals surface area contributed by atoms with Gasteiger partial charge >= 0.3 is 0 Å². The summed E-state index contributed by atoms with van der Waals surface area (Å²) in [5, 5.41) is 3.19. The molecule has 0 radical (unpaired) electrons. The third-order valence-corrected chi connectivity index (χ3v) is 4.27. The van der Waals surface area contributed by atoms with Gasteiger partial charge in [0, 0.05) is 30.6 Å². The molecule has 0 aromatic carbocycles. The fourth-order valence-corrected chi connectivity index (χ4v) is 3.08. The normalized spacial score (nSPS) is 17.6. The first kappa shape index (κ1) is 19.1. The fourth-order valence-electron chi connectivity index (χ4n) is 3.08. The van der Waals surface area contributed by atoms with Crippen molar-refractivity contribution in [1.82, 2.24) is 15.2 Å². The monoisotopic (exact) mass is 339 g/mol. The molecule has 1 aliphatic carbocycles. The van der Waals surface area contributed by atoms with Crippen molar-refractivity contribution >= 4 is 12.4 Å². The van der Waals surface area contributed by atoms with E-state index in [0.29, 0.717) is 6.54 Å². The van der Waals surface area contributed by atoms with E-state index in [0.717, 1.165) is 62.5 Å². The highest BCUT2D eigenvalue weighted by Crippen LogP contribution is 2.28. The molecule has 25 heavy (non-hydrogen) atoms. The van der Waals surface area contributed by atoms with Crippen LogP contribution in [0.3, 0.4) is 0 Å². The highest BCUT2D eigenvalue weighted by atomic mass is 15.2. The molecule has 1 saturated carbocycles. The number of pyridine rings is 1. The number of rotatable bonds is 10. The molecule has 1 aromatic rings. The third-order valence-electron chi connectivity index (χ3n) is 4.27. The predicted octanol–water partition coefficient (Wildman–Crippen LogP) is 3.22. The maximum absolute atomic E-state index is 4.83. The van der Waals surface area contributed by atoms with E-state index in [9.17, 15) is 0 Å². The minimum absolute atomic E-state index is 0.616. The van der Waals surface area contributed by atoms with Crippen LogP contribution in [0, 0.1) is 0 Å². The van der Waals surface area contributed by atoms with E-state index >= 15 is 0 Å². The minimum atomic E-state index is 0.616. The zero-order chi connectivity index (χ0) is 17.9. The first-order valence-electron chi connectivity index (χ1n) is 8.94. The van der Waals surface area contributed by atoms with Gasteiger partial charge < -0.3 is 10.2 Å². The Balaban J connectivity index is 2.20. The maximum atomic E-state index is 4.83. The average Bonchev–Trinajstić information content (AvgIpc) is 3.10.